The number of fused-ring (bicyclic) bond motifs is 1. The molecule has 4 heterocycles. The second kappa shape index (κ2) is 7.89. The van der Waals surface area contributed by atoms with Gasteiger partial charge in [-0.1, -0.05) is 12.1 Å². The van der Waals surface area contributed by atoms with E-state index in [4.69, 9.17) is 9.72 Å². The van der Waals surface area contributed by atoms with Crippen molar-refractivity contribution in [1.29, 1.82) is 0 Å². The molecule has 0 saturated carbocycles. The van der Waals surface area contributed by atoms with Crippen molar-refractivity contribution in [3.8, 4) is 16.9 Å². The van der Waals surface area contributed by atoms with Crippen LogP contribution in [0.1, 0.15) is 43.0 Å². The fourth-order valence-electron chi connectivity index (χ4n) is 4.91. The Labute approximate surface area is 190 Å². The lowest BCUT2D eigenvalue weighted by atomic mass is 9.97. The summed E-state index contributed by atoms with van der Waals surface area (Å²) in [6.45, 7) is 7.33. The molecule has 7 heteroatoms. The maximum absolute atomic E-state index is 6.04. The van der Waals surface area contributed by atoms with Gasteiger partial charge in [-0.25, -0.2) is 9.97 Å². The molecule has 0 spiro atoms. The zero-order chi connectivity index (χ0) is 22.5. The molecule has 0 radical (unpaired) electrons. The molecular weight excluding hydrogens is 400 g/mol. The Balaban J connectivity index is 1.36. The Morgan fingerprint density at radius 1 is 1.22 bits per heavy atom. The minimum atomic E-state index is -0.0977. The zero-order valence-corrected chi connectivity index (χ0v) is 19.7. The second-order valence-corrected chi connectivity index (χ2v) is 9.97. The number of likely N-dealkylation sites (tertiary alicyclic amines) is 1. The minimum Gasteiger partial charge on any atom is -0.487 e. The van der Waals surface area contributed by atoms with Gasteiger partial charge >= 0.3 is 0 Å². The molecule has 2 aromatic heterocycles. The topological polar surface area (TPSA) is 59.3 Å². The number of aryl methyl sites for hydroxylation is 1. The summed E-state index contributed by atoms with van der Waals surface area (Å²) in [5.41, 5.74) is 5.88. The smallest absolute Gasteiger partial charge is 0.225 e. The first-order valence-electron chi connectivity index (χ1n) is 11.3. The van der Waals surface area contributed by atoms with E-state index in [1.807, 2.05) is 49.3 Å². The first-order valence-corrected chi connectivity index (χ1v) is 11.3. The van der Waals surface area contributed by atoms with E-state index in [2.05, 4.69) is 47.0 Å². The normalized spacial score (nSPS) is 19.7. The molecule has 5 rings (SSSR count). The third-order valence-electron chi connectivity index (χ3n) is 6.41. The third kappa shape index (κ3) is 4.09. The fourth-order valence-corrected chi connectivity index (χ4v) is 4.91. The molecule has 0 aliphatic carbocycles. The largest absolute Gasteiger partial charge is 0.487 e. The van der Waals surface area contributed by atoms with Crippen molar-refractivity contribution in [2.45, 2.75) is 44.8 Å². The quantitative estimate of drug-likeness (QED) is 0.613. The van der Waals surface area contributed by atoms with Crippen LogP contribution in [0.25, 0.3) is 11.1 Å². The molecule has 2 aliphatic heterocycles. The lowest BCUT2D eigenvalue weighted by molar-refractivity contribution is 0.138. The molecule has 2 aliphatic rings. The summed E-state index contributed by atoms with van der Waals surface area (Å²) in [7, 11) is 5.92. The van der Waals surface area contributed by atoms with Gasteiger partial charge in [-0.3, -0.25) is 9.58 Å². The first kappa shape index (κ1) is 20.9. The van der Waals surface area contributed by atoms with Crippen LogP contribution in [0, 0.1) is 0 Å². The van der Waals surface area contributed by atoms with Gasteiger partial charge < -0.3 is 9.64 Å². The predicted molar refractivity (Wildman–Crippen MR) is 126 cm³/mol. The van der Waals surface area contributed by atoms with Crippen molar-refractivity contribution in [3.63, 3.8) is 0 Å². The van der Waals surface area contributed by atoms with Crippen LogP contribution >= 0.6 is 0 Å². The van der Waals surface area contributed by atoms with Crippen LogP contribution in [0.2, 0.25) is 0 Å². The Kier molecular flexibility index (Phi) is 5.16. The highest BCUT2D eigenvalue weighted by atomic mass is 16.5. The molecule has 0 amide bonds. The van der Waals surface area contributed by atoms with Gasteiger partial charge in [-0.05, 0) is 44.0 Å². The summed E-state index contributed by atoms with van der Waals surface area (Å²) in [5, 5.41) is 4.36. The van der Waals surface area contributed by atoms with Gasteiger partial charge in [0.1, 0.15) is 11.4 Å². The molecule has 0 N–H and O–H groups in total. The van der Waals surface area contributed by atoms with Crippen molar-refractivity contribution in [2.24, 2.45) is 7.05 Å². The number of aromatic nitrogens is 4. The molecule has 1 saturated heterocycles. The first-order chi connectivity index (χ1) is 15.3. The van der Waals surface area contributed by atoms with E-state index in [0.717, 1.165) is 61.0 Å². The SMILES string of the molecule is CN(C)c1ncc(-c2cnn(C)c2)c([C@@H]2CCN(Cc3ccc4c(c3)CC(C)(C)O4)C2)n1. The molecular formula is C25H32N6O. The van der Waals surface area contributed by atoms with Crippen LogP contribution in [0.5, 0.6) is 5.75 Å². The number of ether oxygens (including phenoxy) is 1. The molecule has 1 fully saturated rings. The highest BCUT2D eigenvalue weighted by Gasteiger charge is 2.31. The Bertz CT molecular complexity index is 1140. The second-order valence-electron chi connectivity index (χ2n) is 9.97. The lowest BCUT2D eigenvalue weighted by Crippen LogP contribution is -2.24. The average molecular weight is 433 g/mol. The predicted octanol–water partition coefficient (Wildman–Crippen LogP) is 3.65. The van der Waals surface area contributed by atoms with Crippen molar-refractivity contribution in [1.82, 2.24) is 24.6 Å². The van der Waals surface area contributed by atoms with Gasteiger partial charge in [0, 0.05) is 70.1 Å². The van der Waals surface area contributed by atoms with E-state index < -0.39 is 0 Å². The molecule has 168 valence electrons. The van der Waals surface area contributed by atoms with Crippen molar-refractivity contribution >= 4 is 5.95 Å². The summed E-state index contributed by atoms with van der Waals surface area (Å²) in [6, 6.07) is 6.68. The number of anilines is 1. The Morgan fingerprint density at radius 2 is 2.06 bits per heavy atom. The van der Waals surface area contributed by atoms with Gasteiger partial charge in [0.05, 0.1) is 11.9 Å². The molecule has 0 unspecified atom stereocenters. The van der Waals surface area contributed by atoms with E-state index in [0.29, 0.717) is 5.92 Å². The fraction of sp³-hybridized carbons (Fsp3) is 0.480. The summed E-state index contributed by atoms with van der Waals surface area (Å²) < 4.78 is 7.88. The lowest BCUT2D eigenvalue weighted by Gasteiger charge is -2.19. The van der Waals surface area contributed by atoms with Crippen LogP contribution in [0.15, 0.2) is 36.8 Å². The molecule has 0 bridgehead atoms. The van der Waals surface area contributed by atoms with E-state index in [-0.39, 0.29) is 5.60 Å². The van der Waals surface area contributed by atoms with Gasteiger partial charge in [0.25, 0.3) is 0 Å². The van der Waals surface area contributed by atoms with Crippen LogP contribution in [0.4, 0.5) is 5.95 Å². The maximum Gasteiger partial charge on any atom is 0.225 e. The van der Waals surface area contributed by atoms with Gasteiger partial charge in [0.2, 0.25) is 5.95 Å². The van der Waals surface area contributed by atoms with E-state index in [1.165, 1.54) is 11.1 Å². The van der Waals surface area contributed by atoms with Crippen LogP contribution < -0.4 is 9.64 Å². The monoisotopic (exact) mass is 432 g/mol. The minimum absolute atomic E-state index is 0.0977. The standard InChI is InChI=1S/C25H32N6O/c1-25(2)11-19-10-17(6-7-22(19)32-25)14-31-9-8-18(16-31)23-21(20-12-27-30(5)15-20)13-26-24(28-23)29(3)4/h6-7,10,12-13,15,18H,8-9,11,14,16H2,1-5H3/t18-/m1/s1. The number of rotatable bonds is 5. The van der Waals surface area contributed by atoms with Crippen LogP contribution in [-0.2, 0) is 20.0 Å². The summed E-state index contributed by atoms with van der Waals surface area (Å²) >= 11 is 0. The van der Waals surface area contributed by atoms with E-state index in [9.17, 15) is 0 Å². The van der Waals surface area contributed by atoms with Crippen LogP contribution in [-0.4, -0.2) is 57.4 Å². The Hall–Kier alpha value is -2.93. The molecule has 3 aromatic rings. The van der Waals surface area contributed by atoms with Crippen molar-refractivity contribution < 1.29 is 4.74 Å². The number of benzene rings is 1. The molecule has 1 atom stereocenters. The van der Waals surface area contributed by atoms with E-state index >= 15 is 0 Å². The van der Waals surface area contributed by atoms with Gasteiger partial charge in [-0.15, -0.1) is 0 Å². The summed E-state index contributed by atoms with van der Waals surface area (Å²) in [4.78, 5) is 14.1. The number of nitrogens with zero attached hydrogens (tertiary/aromatic N) is 6. The molecule has 7 nitrogen and oxygen atoms in total. The molecule has 32 heavy (non-hydrogen) atoms. The number of hydrogen-bond acceptors (Lipinski definition) is 6. The molecule has 1 aromatic carbocycles. The summed E-state index contributed by atoms with van der Waals surface area (Å²) in [5.74, 6) is 2.17. The average Bonchev–Trinajstić information content (AvgIpc) is 3.45. The van der Waals surface area contributed by atoms with Crippen molar-refractivity contribution in [2.75, 3.05) is 32.1 Å². The Morgan fingerprint density at radius 3 is 2.81 bits per heavy atom. The van der Waals surface area contributed by atoms with E-state index in [1.54, 1.807) is 0 Å². The van der Waals surface area contributed by atoms with Crippen LogP contribution in [0.3, 0.4) is 0 Å². The van der Waals surface area contributed by atoms with Crippen molar-refractivity contribution in [3.05, 3.63) is 53.6 Å². The maximum atomic E-state index is 6.04. The number of hydrogen-bond donors (Lipinski definition) is 0. The van der Waals surface area contributed by atoms with Gasteiger partial charge in [-0.2, -0.15) is 5.10 Å². The highest BCUT2D eigenvalue weighted by molar-refractivity contribution is 5.65. The summed E-state index contributed by atoms with van der Waals surface area (Å²) in [6.07, 6.45) is 7.97. The highest BCUT2D eigenvalue weighted by Crippen LogP contribution is 2.37. The van der Waals surface area contributed by atoms with Gasteiger partial charge in [0.15, 0.2) is 0 Å². The zero-order valence-electron chi connectivity index (χ0n) is 19.7. The third-order valence-corrected chi connectivity index (χ3v) is 6.41.